The third-order valence-electron chi connectivity index (χ3n) is 5.71. The predicted molar refractivity (Wildman–Crippen MR) is 138 cm³/mol. The fraction of sp³-hybridized carbons (Fsp3) is 0.148. The lowest BCUT2D eigenvalue weighted by atomic mass is 9.99. The van der Waals surface area contributed by atoms with Crippen LogP contribution in [-0.4, -0.2) is 52.9 Å². The van der Waals surface area contributed by atoms with Crippen LogP contribution < -0.4 is 21.6 Å². The van der Waals surface area contributed by atoms with E-state index in [2.05, 4.69) is 26.8 Å². The first kappa shape index (κ1) is 24.7. The molecule has 4 N–H and O–H groups in total. The Kier molecular flexibility index (Phi) is 7.21. The van der Waals surface area contributed by atoms with Gasteiger partial charge in [0, 0.05) is 47.9 Å². The third kappa shape index (κ3) is 5.01. The highest BCUT2D eigenvalue weighted by Gasteiger charge is 2.18. The molecule has 0 saturated carbocycles. The minimum absolute atomic E-state index is 0.120. The molecule has 0 spiro atoms. The van der Waals surface area contributed by atoms with Gasteiger partial charge < -0.3 is 20.9 Å². The number of pyridine rings is 2. The number of carbonyl (C=O) groups is 1. The number of fused-ring (bicyclic) bond motifs is 1. The van der Waals surface area contributed by atoms with Crippen LogP contribution >= 0.6 is 0 Å². The summed E-state index contributed by atoms with van der Waals surface area (Å²) < 4.78 is 30.3. The van der Waals surface area contributed by atoms with Crippen molar-refractivity contribution >= 4 is 34.8 Å². The maximum Gasteiger partial charge on any atom is 0.254 e. The zero-order chi connectivity index (χ0) is 25.8. The summed E-state index contributed by atoms with van der Waals surface area (Å²) in [4.78, 5) is 25.7. The number of halogens is 2. The van der Waals surface area contributed by atoms with Crippen molar-refractivity contribution in [3.8, 4) is 11.1 Å². The smallest absolute Gasteiger partial charge is 0.254 e. The molecule has 3 aromatic heterocycles. The van der Waals surface area contributed by atoms with Gasteiger partial charge in [0.25, 0.3) is 5.91 Å². The van der Waals surface area contributed by atoms with Gasteiger partial charge in [-0.1, -0.05) is 18.7 Å². The van der Waals surface area contributed by atoms with Crippen LogP contribution in [-0.2, 0) is 0 Å². The number of aromatic amines is 1. The van der Waals surface area contributed by atoms with Crippen LogP contribution in [0, 0.1) is 11.6 Å². The van der Waals surface area contributed by atoms with Gasteiger partial charge in [-0.15, -0.1) is 0 Å². The van der Waals surface area contributed by atoms with E-state index in [1.165, 1.54) is 18.3 Å². The van der Waals surface area contributed by atoms with Crippen molar-refractivity contribution in [2.75, 3.05) is 27.2 Å². The molecule has 0 aliphatic carbocycles. The molecule has 184 valence electrons. The van der Waals surface area contributed by atoms with E-state index in [-0.39, 0.29) is 16.7 Å². The molecular weight excluding hydrogens is 462 g/mol. The van der Waals surface area contributed by atoms with E-state index in [1.54, 1.807) is 24.5 Å². The molecule has 0 aliphatic heterocycles. The molecule has 7 nitrogen and oxygen atoms in total. The van der Waals surface area contributed by atoms with Gasteiger partial charge in [-0.2, -0.15) is 0 Å². The number of likely N-dealkylation sites (N-methyl/N-ethyl adjacent to an activating group) is 1. The Bertz CT molecular complexity index is 1560. The Labute approximate surface area is 206 Å². The molecule has 0 fully saturated rings. The van der Waals surface area contributed by atoms with Crippen LogP contribution in [0.3, 0.4) is 0 Å². The number of rotatable bonds is 7. The number of aromatic nitrogens is 3. The first-order chi connectivity index (χ1) is 17.3. The second kappa shape index (κ2) is 10.5. The third-order valence-corrected chi connectivity index (χ3v) is 5.71. The molecule has 36 heavy (non-hydrogen) atoms. The fourth-order valence-electron chi connectivity index (χ4n) is 3.89. The Morgan fingerprint density at radius 1 is 1.22 bits per heavy atom. The van der Waals surface area contributed by atoms with Crippen LogP contribution in [0.4, 0.5) is 8.78 Å². The summed E-state index contributed by atoms with van der Waals surface area (Å²) in [5.74, 6) is -1.94. The molecule has 0 unspecified atom stereocenters. The number of hydrogen-bond acceptors (Lipinski definition) is 5. The molecule has 1 amide bonds. The minimum atomic E-state index is -0.759. The van der Waals surface area contributed by atoms with Crippen LogP contribution in [0.5, 0.6) is 0 Å². The molecular formula is C27H26F2N6O. The van der Waals surface area contributed by atoms with E-state index in [0.717, 1.165) is 17.8 Å². The number of allylic oxidation sites excluding steroid dienone is 1. The van der Waals surface area contributed by atoms with E-state index < -0.39 is 17.5 Å². The summed E-state index contributed by atoms with van der Waals surface area (Å²) in [6, 6.07) is 7.65. The monoisotopic (exact) mass is 488 g/mol. The van der Waals surface area contributed by atoms with E-state index in [9.17, 15) is 4.79 Å². The molecule has 4 rings (SSSR count). The van der Waals surface area contributed by atoms with E-state index in [4.69, 9.17) is 5.73 Å². The lowest BCUT2D eigenvalue weighted by Gasteiger charge is -2.12. The molecule has 1 aromatic carbocycles. The first-order valence-electron chi connectivity index (χ1n) is 11.2. The Morgan fingerprint density at radius 2 is 2.03 bits per heavy atom. The van der Waals surface area contributed by atoms with E-state index >= 15 is 8.78 Å². The second-order valence-corrected chi connectivity index (χ2v) is 8.49. The van der Waals surface area contributed by atoms with Gasteiger partial charge in [0.05, 0.1) is 17.1 Å². The average Bonchev–Trinajstić information content (AvgIpc) is 3.21. The number of carbonyl (C=O) groups excluding carboxylic acids is 1. The molecule has 0 aliphatic rings. The highest BCUT2D eigenvalue weighted by molar-refractivity contribution is 5.99. The largest absolute Gasteiger partial charge is 0.403 e. The fourth-order valence-corrected chi connectivity index (χ4v) is 3.89. The van der Waals surface area contributed by atoms with Crippen molar-refractivity contribution in [3.05, 3.63) is 88.8 Å². The Morgan fingerprint density at radius 3 is 2.69 bits per heavy atom. The summed E-state index contributed by atoms with van der Waals surface area (Å²) in [7, 11) is 3.75. The number of nitrogens with zero attached hydrogens (tertiary/aromatic N) is 3. The Hall–Kier alpha value is -4.37. The molecule has 3 heterocycles. The van der Waals surface area contributed by atoms with Crippen LogP contribution in [0.2, 0.25) is 0 Å². The van der Waals surface area contributed by atoms with E-state index in [0.29, 0.717) is 40.3 Å². The first-order valence-corrected chi connectivity index (χ1v) is 11.2. The highest BCUT2D eigenvalue weighted by Crippen LogP contribution is 2.29. The summed E-state index contributed by atoms with van der Waals surface area (Å²) >= 11 is 0. The summed E-state index contributed by atoms with van der Waals surface area (Å²) in [6.07, 6.45) is 7.49. The van der Waals surface area contributed by atoms with Gasteiger partial charge in [0.1, 0.15) is 17.3 Å². The normalized spacial score (nSPS) is 12.5. The summed E-state index contributed by atoms with van der Waals surface area (Å²) in [6.45, 7) is 5.09. The van der Waals surface area contributed by atoms with Gasteiger partial charge in [0.2, 0.25) is 0 Å². The molecule has 4 aromatic rings. The van der Waals surface area contributed by atoms with E-state index in [1.807, 2.05) is 25.1 Å². The standard InChI is InChI=1S/C27H26F2N6O/c1-16(18-5-4-8-31-14-18)11-20-23(13-30)34-26-25(20)24(22(29)15-33-26)17-6-7-19(21(28)12-17)27(36)32-9-10-35(2)3/h4-8,11-15H,1,9-10,30H2,2-3H3,(H,32,36)(H,33,34)/b20-11+,23-13+. The van der Waals surface area contributed by atoms with Crippen molar-refractivity contribution in [1.29, 1.82) is 0 Å². The number of hydrogen-bond donors (Lipinski definition) is 3. The minimum Gasteiger partial charge on any atom is -0.403 e. The van der Waals surface area contributed by atoms with Gasteiger partial charge in [-0.3, -0.25) is 9.78 Å². The molecule has 9 heteroatoms. The van der Waals surface area contributed by atoms with Gasteiger partial charge >= 0.3 is 0 Å². The van der Waals surface area contributed by atoms with Crippen LogP contribution in [0.15, 0.2) is 55.5 Å². The van der Waals surface area contributed by atoms with Crippen molar-refractivity contribution in [2.24, 2.45) is 5.73 Å². The zero-order valence-corrected chi connectivity index (χ0v) is 20.0. The second-order valence-electron chi connectivity index (χ2n) is 8.49. The topological polar surface area (TPSA) is 99.9 Å². The zero-order valence-electron chi connectivity index (χ0n) is 20.0. The predicted octanol–water partition coefficient (Wildman–Crippen LogP) is 2.39. The van der Waals surface area contributed by atoms with Crippen molar-refractivity contribution in [2.45, 2.75) is 0 Å². The maximum atomic E-state index is 15.2. The average molecular weight is 489 g/mol. The summed E-state index contributed by atoms with van der Waals surface area (Å²) in [5, 5.41) is 4.15. The van der Waals surface area contributed by atoms with Crippen LogP contribution in [0.1, 0.15) is 15.9 Å². The Balaban J connectivity index is 1.84. The summed E-state index contributed by atoms with van der Waals surface area (Å²) in [5.41, 5.74) is 7.88. The maximum absolute atomic E-state index is 15.2. The molecule has 0 bridgehead atoms. The SMILES string of the molecule is C=C(/C=c1\c(=C/N)[nH]c2ncc(F)c(-c3ccc(C(=O)NCCN(C)C)c(F)c3)c12)c1cccnc1. The molecule has 0 radical (unpaired) electrons. The molecule has 0 saturated heterocycles. The van der Waals surface area contributed by atoms with Crippen molar-refractivity contribution in [1.82, 2.24) is 25.2 Å². The van der Waals surface area contributed by atoms with Crippen LogP contribution in [0.25, 0.3) is 40.0 Å². The number of amides is 1. The molecule has 0 atom stereocenters. The van der Waals surface area contributed by atoms with Gasteiger partial charge in [-0.05, 0) is 55.1 Å². The number of nitrogens with one attached hydrogen (secondary N) is 2. The number of nitrogens with two attached hydrogens (primary N) is 1. The lowest BCUT2D eigenvalue weighted by molar-refractivity contribution is 0.0947. The highest BCUT2D eigenvalue weighted by atomic mass is 19.1. The number of H-pyrrole nitrogens is 1. The van der Waals surface area contributed by atoms with Gasteiger partial charge in [0.15, 0.2) is 0 Å². The number of benzene rings is 1. The van der Waals surface area contributed by atoms with Gasteiger partial charge in [-0.25, -0.2) is 13.8 Å². The van der Waals surface area contributed by atoms with Crippen molar-refractivity contribution in [3.63, 3.8) is 0 Å². The quantitative estimate of drug-likeness (QED) is 0.371. The lowest BCUT2D eigenvalue weighted by Crippen LogP contribution is -2.31. The van der Waals surface area contributed by atoms with Crippen molar-refractivity contribution < 1.29 is 13.6 Å².